The van der Waals surface area contributed by atoms with E-state index >= 15 is 0 Å². The summed E-state index contributed by atoms with van der Waals surface area (Å²) in [4.78, 5) is 27.7. The van der Waals surface area contributed by atoms with Crippen molar-refractivity contribution in [3.63, 3.8) is 0 Å². The summed E-state index contributed by atoms with van der Waals surface area (Å²) in [6.07, 6.45) is -0.264. The van der Waals surface area contributed by atoms with Gasteiger partial charge in [-0.15, -0.1) is 0 Å². The van der Waals surface area contributed by atoms with Crippen LogP contribution in [0.1, 0.15) is 36.7 Å². The van der Waals surface area contributed by atoms with Crippen LogP contribution in [0.4, 0.5) is 10.5 Å². The fourth-order valence-corrected chi connectivity index (χ4v) is 2.66. The molecular weight excluding hydrogens is 308 g/mol. The molecule has 1 fully saturated rings. The van der Waals surface area contributed by atoms with Gasteiger partial charge in [0.15, 0.2) is 0 Å². The third-order valence-electron chi connectivity index (χ3n) is 3.91. The van der Waals surface area contributed by atoms with E-state index < -0.39 is 5.60 Å². The Labute approximate surface area is 143 Å². The number of amides is 1. The molecular formula is C18H26N2O4. The number of benzene rings is 1. The van der Waals surface area contributed by atoms with Crippen LogP contribution in [0.3, 0.4) is 0 Å². The Kier molecular flexibility index (Phi) is 5.36. The fourth-order valence-electron chi connectivity index (χ4n) is 2.66. The van der Waals surface area contributed by atoms with Gasteiger partial charge in [-0.05, 0) is 51.5 Å². The van der Waals surface area contributed by atoms with E-state index in [1.807, 2.05) is 39.8 Å². The molecule has 0 saturated carbocycles. The molecule has 1 aromatic carbocycles. The first-order chi connectivity index (χ1) is 11.2. The summed E-state index contributed by atoms with van der Waals surface area (Å²) in [6, 6.07) is 5.69. The minimum atomic E-state index is -0.477. The molecule has 1 saturated heterocycles. The molecule has 1 amide bonds. The molecule has 0 radical (unpaired) electrons. The van der Waals surface area contributed by atoms with E-state index in [0.29, 0.717) is 18.7 Å². The number of piperazine rings is 1. The highest BCUT2D eigenvalue weighted by molar-refractivity contribution is 5.91. The van der Waals surface area contributed by atoms with Crippen LogP contribution in [0.5, 0.6) is 0 Å². The SMILES string of the molecule is COC(=O)c1ccc(N2CCN(C(=O)OC(C)(C)C)CC2)cc1C. The smallest absolute Gasteiger partial charge is 0.410 e. The summed E-state index contributed by atoms with van der Waals surface area (Å²) >= 11 is 0. The fraction of sp³-hybridized carbons (Fsp3) is 0.556. The second-order valence-electron chi connectivity index (χ2n) is 6.95. The molecule has 0 N–H and O–H groups in total. The molecule has 1 aliphatic heterocycles. The van der Waals surface area contributed by atoms with Crippen molar-refractivity contribution in [3.05, 3.63) is 29.3 Å². The molecule has 0 atom stereocenters. The van der Waals surface area contributed by atoms with Crippen LogP contribution in [-0.2, 0) is 9.47 Å². The van der Waals surface area contributed by atoms with Crippen molar-refractivity contribution in [3.8, 4) is 0 Å². The predicted molar refractivity (Wildman–Crippen MR) is 92.5 cm³/mol. The normalized spacial score (nSPS) is 15.2. The van der Waals surface area contributed by atoms with Crippen molar-refractivity contribution >= 4 is 17.7 Å². The number of methoxy groups -OCH3 is 1. The van der Waals surface area contributed by atoms with Crippen molar-refractivity contribution in [2.45, 2.75) is 33.3 Å². The van der Waals surface area contributed by atoms with E-state index in [9.17, 15) is 9.59 Å². The molecule has 2 rings (SSSR count). The summed E-state index contributed by atoms with van der Waals surface area (Å²) in [7, 11) is 1.38. The first-order valence-electron chi connectivity index (χ1n) is 8.13. The number of aryl methyl sites for hydroxylation is 1. The van der Waals surface area contributed by atoms with Gasteiger partial charge in [0.05, 0.1) is 12.7 Å². The van der Waals surface area contributed by atoms with E-state index in [0.717, 1.165) is 24.3 Å². The molecule has 132 valence electrons. The number of carbonyl (C=O) groups is 2. The molecule has 1 heterocycles. The average Bonchev–Trinajstić information content (AvgIpc) is 2.52. The van der Waals surface area contributed by atoms with Gasteiger partial charge in [-0.25, -0.2) is 9.59 Å². The quantitative estimate of drug-likeness (QED) is 0.779. The Balaban J connectivity index is 1.98. The number of ether oxygens (including phenoxy) is 2. The van der Waals surface area contributed by atoms with Gasteiger partial charge in [-0.2, -0.15) is 0 Å². The number of esters is 1. The standard InChI is InChI=1S/C18H26N2O4/c1-13-12-14(6-7-15(13)16(21)23-5)19-8-10-20(11-9-19)17(22)24-18(2,3)4/h6-7,12H,8-11H2,1-5H3. The Morgan fingerprint density at radius 2 is 1.71 bits per heavy atom. The molecule has 0 aromatic heterocycles. The van der Waals surface area contributed by atoms with Crippen LogP contribution in [-0.4, -0.2) is 55.9 Å². The second kappa shape index (κ2) is 7.11. The zero-order valence-electron chi connectivity index (χ0n) is 15.1. The van der Waals surface area contributed by atoms with Crippen LogP contribution in [0.2, 0.25) is 0 Å². The summed E-state index contributed by atoms with van der Waals surface area (Å²) in [5, 5.41) is 0. The molecule has 0 bridgehead atoms. The highest BCUT2D eigenvalue weighted by Gasteiger charge is 2.26. The summed E-state index contributed by atoms with van der Waals surface area (Å²) in [5.74, 6) is -0.325. The van der Waals surface area contributed by atoms with E-state index in [4.69, 9.17) is 9.47 Å². The topological polar surface area (TPSA) is 59.1 Å². The van der Waals surface area contributed by atoms with E-state index in [1.54, 1.807) is 11.0 Å². The predicted octanol–water partition coefficient (Wildman–Crippen LogP) is 2.84. The second-order valence-corrected chi connectivity index (χ2v) is 6.95. The Morgan fingerprint density at radius 3 is 2.21 bits per heavy atom. The molecule has 0 unspecified atom stereocenters. The average molecular weight is 334 g/mol. The maximum atomic E-state index is 12.1. The number of hydrogen-bond donors (Lipinski definition) is 0. The zero-order valence-corrected chi connectivity index (χ0v) is 15.1. The van der Waals surface area contributed by atoms with Gasteiger partial charge >= 0.3 is 12.1 Å². The first kappa shape index (κ1) is 18.1. The van der Waals surface area contributed by atoms with Crippen molar-refractivity contribution in [2.24, 2.45) is 0 Å². The third-order valence-corrected chi connectivity index (χ3v) is 3.91. The lowest BCUT2D eigenvalue weighted by atomic mass is 10.1. The van der Waals surface area contributed by atoms with Crippen LogP contribution in [0.15, 0.2) is 18.2 Å². The molecule has 24 heavy (non-hydrogen) atoms. The number of nitrogens with zero attached hydrogens (tertiary/aromatic N) is 2. The van der Waals surface area contributed by atoms with Gasteiger partial charge in [-0.1, -0.05) is 0 Å². The Bertz CT molecular complexity index is 614. The zero-order chi connectivity index (χ0) is 17.9. The lowest BCUT2D eigenvalue weighted by Crippen LogP contribution is -2.50. The molecule has 6 nitrogen and oxygen atoms in total. The lowest BCUT2D eigenvalue weighted by molar-refractivity contribution is 0.0240. The third kappa shape index (κ3) is 4.40. The van der Waals surface area contributed by atoms with Crippen LogP contribution in [0, 0.1) is 6.92 Å². The number of rotatable bonds is 2. The van der Waals surface area contributed by atoms with Crippen LogP contribution >= 0.6 is 0 Å². The molecule has 6 heteroatoms. The Morgan fingerprint density at radius 1 is 1.08 bits per heavy atom. The van der Waals surface area contributed by atoms with Gasteiger partial charge in [0.2, 0.25) is 0 Å². The van der Waals surface area contributed by atoms with Gasteiger partial charge in [0, 0.05) is 31.9 Å². The monoisotopic (exact) mass is 334 g/mol. The first-order valence-corrected chi connectivity index (χ1v) is 8.13. The summed E-state index contributed by atoms with van der Waals surface area (Å²) < 4.78 is 10.2. The Hall–Kier alpha value is -2.24. The maximum absolute atomic E-state index is 12.1. The maximum Gasteiger partial charge on any atom is 0.410 e. The minimum Gasteiger partial charge on any atom is -0.465 e. The minimum absolute atomic E-state index is 0.264. The van der Waals surface area contributed by atoms with Crippen molar-refractivity contribution in [1.82, 2.24) is 4.90 Å². The van der Waals surface area contributed by atoms with E-state index in [2.05, 4.69) is 4.90 Å². The highest BCUT2D eigenvalue weighted by atomic mass is 16.6. The van der Waals surface area contributed by atoms with E-state index in [1.165, 1.54) is 7.11 Å². The summed E-state index contributed by atoms with van der Waals surface area (Å²) in [5.41, 5.74) is 2.03. The number of anilines is 1. The molecule has 1 aromatic rings. The van der Waals surface area contributed by atoms with Gasteiger partial charge in [0.1, 0.15) is 5.60 Å². The lowest BCUT2D eigenvalue weighted by Gasteiger charge is -2.37. The highest BCUT2D eigenvalue weighted by Crippen LogP contribution is 2.22. The molecule has 0 spiro atoms. The summed E-state index contributed by atoms with van der Waals surface area (Å²) in [6.45, 7) is 10.2. The number of carbonyl (C=O) groups excluding carboxylic acids is 2. The van der Waals surface area contributed by atoms with Crippen molar-refractivity contribution in [2.75, 3.05) is 38.2 Å². The van der Waals surface area contributed by atoms with Crippen LogP contribution < -0.4 is 4.90 Å². The van der Waals surface area contributed by atoms with Crippen molar-refractivity contribution in [1.29, 1.82) is 0 Å². The van der Waals surface area contributed by atoms with Gasteiger partial charge in [-0.3, -0.25) is 0 Å². The molecule has 0 aliphatic carbocycles. The van der Waals surface area contributed by atoms with Crippen LogP contribution in [0.25, 0.3) is 0 Å². The number of hydrogen-bond acceptors (Lipinski definition) is 5. The van der Waals surface area contributed by atoms with Crippen molar-refractivity contribution < 1.29 is 19.1 Å². The van der Waals surface area contributed by atoms with E-state index in [-0.39, 0.29) is 12.1 Å². The van der Waals surface area contributed by atoms with Gasteiger partial charge in [0.25, 0.3) is 0 Å². The largest absolute Gasteiger partial charge is 0.465 e. The van der Waals surface area contributed by atoms with Gasteiger partial charge < -0.3 is 19.3 Å². The molecule has 1 aliphatic rings.